The van der Waals surface area contributed by atoms with Crippen LogP contribution in [0.5, 0.6) is 5.75 Å². The molecule has 0 aliphatic carbocycles. The quantitative estimate of drug-likeness (QED) is 0.670. The molecule has 0 N–H and O–H groups in total. The van der Waals surface area contributed by atoms with Gasteiger partial charge in [-0.25, -0.2) is 0 Å². The molecule has 2 aromatic rings. The van der Waals surface area contributed by atoms with Gasteiger partial charge in [0.1, 0.15) is 22.9 Å². The zero-order valence-corrected chi connectivity index (χ0v) is 17.8. The largest absolute Gasteiger partial charge is 0.496 e. The van der Waals surface area contributed by atoms with Crippen molar-refractivity contribution in [3.05, 3.63) is 52.5 Å². The molecule has 0 unspecified atom stereocenters. The highest BCUT2D eigenvalue weighted by Gasteiger charge is 2.53. The Morgan fingerprint density at radius 3 is 2.14 bits per heavy atom. The number of hydrogen-bond donors (Lipinski definition) is 0. The van der Waals surface area contributed by atoms with Crippen molar-refractivity contribution < 1.29 is 19.1 Å². The molecule has 1 aliphatic rings. The maximum Gasteiger partial charge on any atom is 0.179 e. The number of rotatable bonds is 3. The Balaban J connectivity index is 2.17. The molecular weight excluding hydrogens is 376 g/mol. The minimum Gasteiger partial charge on any atom is -0.496 e. The average Bonchev–Trinajstić information content (AvgIpc) is 2.61. The molecular formula is C23H25ClO4. The third kappa shape index (κ3) is 3.47. The monoisotopic (exact) mass is 400 g/mol. The van der Waals surface area contributed by atoms with Crippen LogP contribution in [0.1, 0.15) is 44.7 Å². The number of carbonyl (C=O) groups excluding carboxylic acids is 2. The first-order valence-electron chi connectivity index (χ1n) is 9.21. The summed E-state index contributed by atoms with van der Waals surface area (Å²) in [6.07, 6.45) is 0. The Morgan fingerprint density at radius 1 is 0.964 bits per heavy atom. The molecule has 148 valence electrons. The van der Waals surface area contributed by atoms with Gasteiger partial charge >= 0.3 is 0 Å². The number of benzene rings is 2. The number of halogens is 1. The summed E-state index contributed by atoms with van der Waals surface area (Å²) in [5.74, 6) is -0.676. The normalized spacial score (nSPS) is 19.0. The lowest BCUT2D eigenvalue weighted by atomic mass is 9.73. The van der Waals surface area contributed by atoms with Crippen LogP contribution in [0, 0.1) is 6.92 Å². The number of carbonyl (C=O) groups is 2. The molecule has 0 atom stereocenters. The zero-order chi connectivity index (χ0) is 20.9. The Morgan fingerprint density at radius 2 is 1.57 bits per heavy atom. The smallest absolute Gasteiger partial charge is 0.179 e. The lowest BCUT2D eigenvalue weighted by Gasteiger charge is -2.43. The molecule has 0 radical (unpaired) electrons. The van der Waals surface area contributed by atoms with E-state index in [-0.39, 0.29) is 11.6 Å². The molecule has 3 rings (SSSR count). The lowest BCUT2D eigenvalue weighted by Crippen LogP contribution is -2.58. The van der Waals surface area contributed by atoms with E-state index in [1.807, 2.05) is 31.2 Å². The fraction of sp³-hybridized carbons (Fsp3) is 0.391. The second-order valence-corrected chi connectivity index (χ2v) is 8.64. The lowest BCUT2D eigenvalue weighted by molar-refractivity contribution is -0.184. The summed E-state index contributed by atoms with van der Waals surface area (Å²) in [5.41, 5.74) is 1.21. The van der Waals surface area contributed by atoms with Gasteiger partial charge in [-0.2, -0.15) is 0 Å². The summed E-state index contributed by atoms with van der Waals surface area (Å²) in [4.78, 5) is 26.3. The van der Waals surface area contributed by atoms with E-state index < -0.39 is 17.1 Å². The van der Waals surface area contributed by atoms with Gasteiger partial charge in [0.25, 0.3) is 0 Å². The van der Waals surface area contributed by atoms with Crippen molar-refractivity contribution in [1.82, 2.24) is 0 Å². The standard InChI is InChI=1S/C23H25ClO4/c1-13-7-8-14(16-10-9-15(24)12-18(16)27-6)11-17(13)19-20(25)22(2,3)28-23(4,5)21(19)26/h7-12,19H,1-6H3. The van der Waals surface area contributed by atoms with Gasteiger partial charge < -0.3 is 9.47 Å². The predicted molar refractivity (Wildman–Crippen MR) is 110 cm³/mol. The number of Topliss-reactive ketones (excluding diaryl/α,β-unsaturated/α-hetero) is 2. The first-order chi connectivity index (χ1) is 13.0. The molecule has 0 spiro atoms. The van der Waals surface area contributed by atoms with Crippen molar-refractivity contribution in [2.75, 3.05) is 7.11 Å². The average molecular weight is 401 g/mol. The van der Waals surface area contributed by atoms with E-state index in [2.05, 4.69) is 0 Å². The first kappa shape index (κ1) is 20.6. The molecule has 5 heteroatoms. The Hall–Kier alpha value is -2.17. The maximum absolute atomic E-state index is 13.1. The summed E-state index contributed by atoms with van der Waals surface area (Å²) >= 11 is 6.08. The predicted octanol–water partition coefficient (Wildman–Crippen LogP) is 5.13. The molecule has 0 amide bonds. The van der Waals surface area contributed by atoms with Crippen molar-refractivity contribution in [1.29, 1.82) is 0 Å². The minimum absolute atomic E-state index is 0.222. The van der Waals surface area contributed by atoms with E-state index in [0.29, 0.717) is 16.3 Å². The molecule has 0 saturated carbocycles. The van der Waals surface area contributed by atoms with E-state index in [1.165, 1.54) is 0 Å². The second kappa shape index (κ2) is 7.02. The summed E-state index contributed by atoms with van der Waals surface area (Å²) in [6, 6.07) is 11.2. The van der Waals surface area contributed by atoms with Crippen LogP contribution in [-0.4, -0.2) is 29.9 Å². The van der Waals surface area contributed by atoms with Gasteiger partial charge in [0.2, 0.25) is 0 Å². The van der Waals surface area contributed by atoms with Gasteiger partial charge in [0.15, 0.2) is 11.6 Å². The fourth-order valence-electron chi connectivity index (χ4n) is 3.86. The molecule has 4 nitrogen and oxygen atoms in total. The molecule has 0 aromatic heterocycles. The van der Waals surface area contributed by atoms with Crippen LogP contribution in [0.15, 0.2) is 36.4 Å². The van der Waals surface area contributed by atoms with Crippen LogP contribution < -0.4 is 4.74 Å². The van der Waals surface area contributed by atoms with Crippen LogP contribution in [0.2, 0.25) is 5.02 Å². The van der Waals surface area contributed by atoms with Gasteiger partial charge in [-0.15, -0.1) is 0 Å². The van der Waals surface area contributed by atoms with Crippen LogP contribution in [-0.2, 0) is 14.3 Å². The fourth-order valence-corrected chi connectivity index (χ4v) is 4.02. The number of hydrogen-bond acceptors (Lipinski definition) is 4. The number of methoxy groups -OCH3 is 1. The molecule has 28 heavy (non-hydrogen) atoms. The molecule has 2 aromatic carbocycles. The van der Waals surface area contributed by atoms with Gasteiger partial charge in [0.05, 0.1) is 7.11 Å². The summed E-state index contributed by atoms with van der Waals surface area (Å²) in [7, 11) is 1.58. The topological polar surface area (TPSA) is 52.6 Å². The van der Waals surface area contributed by atoms with Gasteiger partial charge in [-0.05, 0) is 75.6 Å². The minimum atomic E-state index is -1.04. The zero-order valence-electron chi connectivity index (χ0n) is 17.1. The van der Waals surface area contributed by atoms with E-state index >= 15 is 0 Å². The van der Waals surface area contributed by atoms with Crippen molar-refractivity contribution in [3.63, 3.8) is 0 Å². The highest BCUT2D eigenvalue weighted by molar-refractivity contribution is 6.30. The highest BCUT2D eigenvalue weighted by atomic mass is 35.5. The molecule has 1 heterocycles. The number of ketones is 2. The Labute approximate surface area is 170 Å². The molecule has 1 aliphatic heterocycles. The van der Waals surface area contributed by atoms with Crippen LogP contribution >= 0.6 is 11.6 Å². The van der Waals surface area contributed by atoms with Gasteiger partial charge in [-0.3, -0.25) is 9.59 Å². The summed E-state index contributed by atoms with van der Waals surface area (Å²) in [6.45, 7) is 8.79. The summed E-state index contributed by atoms with van der Waals surface area (Å²) in [5, 5.41) is 0.575. The van der Waals surface area contributed by atoms with Crippen molar-refractivity contribution in [2.24, 2.45) is 0 Å². The van der Waals surface area contributed by atoms with Crippen LogP contribution in [0.4, 0.5) is 0 Å². The maximum atomic E-state index is 13.1. The van der Waals surface area contributed by atoms with Crippen LogP contribution in [0.25, 0.3) is 11.1 Å². The van der Waals surface area contributed by atoms with Crippen molar-refractivity contribution >= 4 is 23.2 Å². The Bertz CT molecular complexity index is 933. The van der Waals surface area contributed by atoms with E-state index in [0.717, 1.165) is 16.7 Å². The van der Waals surface area contributed by atoms with Crippen LogP contribution in [0.3, 0.4) is 0 Å². The molecule has 1 fully saturated rings. The van der Waals surface area contributed by atoms with Gasteiger partial charge in [-0.1, -0.05) is 23.7 Å². The van der Waals surface area contributed by atoms with Crippen molar-refractivity contribution in [3.8, 4) is 16.9 Å². The number of ether oxygens (including phenoxy) is 2. The van der Waals surface area contributed by atoms with Crippen molar-refractivity contribution in [2.45, 2.75) is 51.7 Å². The first-order valence-corrected chi connectivity index (χ1v) is 9.59. The molecule has 1 saturated heterocycles. The highest BCUT2D eigenvalue weighted by Crippen LogP contribution is 2.41. The SMILES string of the molecule is COc1cc(Cl)ccc1-c1ccc(C)c(C2C(=O)C(C)(C)OC(C)(C)C2=O)c1. The second-order valence-electron chi connectivity index (χ2n) is 8.20. The van der Waals surface area contributed by atoms with E-state index in [4.69, 9.17) is 21.1 Å². The van der Waals surface area contributed by atoms with Gasteiger partial charge in [0, 0.05) is 10.6 Å². The van der Waals surface area contributed by atoms with E-state index in [1.54, 1.807) is 46.9 Å². The number of aryl methyl sites for hydroxylation is 1. The van der Waals surface area contributed by atoms with E-state index in [9.17, 15) is 9.59 Å². The third-order valence-electron chi connectivity index (χ3n) is 5.29. The summed E-state index contributed by atoms with van der Waals surface area (Å²) < 4.78 is 11.3. The molecule has 0 bridgehead atoms. The Kier molecular flexibility index (Phi) is 5.15. The third-order valence-corrected chi connectivity index (χ3v) is 5.52.